The molecule has 0 radical (unpaired) electrons. The van der Waals surface area contributed by atoms with Gasteiger partial charge in [0.05, 0.1) is 0 Å². The summed E-state index contributed by atoms with van der Waals surface area (Å²) in [6.45, 7) is 3.09. The van der Waals surface area contributed by atoms with E-state index in [1.165, 1.54) is 6.92 Å². The first-order valence-corrected chi connectivity index (χ1v) is 8.64. The molecule has 4 amide bonds. The molecule has 0 aromatic heterocycles. The molecule has 1 aliphatic heterocycles. The summed E-state index contributed by atoms with van der Waals surface area (Å²) in [6.07, 6.45) is -0.951. The first-order valence-electron chi connectivity index (χ1n) is 8.26. The Hall–Kier alpha value is -3.06. The topological polar surface area (TPSA) is 87.7 Å². The minimum atomic E-state index is -1.26. The smallest absolute Gasteiger partial charge is 0.344 e. The van der Waals surface area contributed by atoms with Crippen LogP contribution in [0.2, 0.25) is 5.02 Å². The quantitative estimate of drug-likeness (QED) is 0.772. The van der Waals surface area contributed by atoms with E-state index in [1.807, 2.05) is 6.07 Å². The minimum Gasteiger partial charge on any atom is -0.481 e. The molecule has 3 rings (SSSR count). The number of hydrazine groups is 1. The molecule has 2 atom stereocenters. The fourth-order valence-electron chi connectivity index (χ4n) is 2.71. The van der Waals surface area contributed by atoms with Crippen LogP contribution >= 0.6 is 11.6 Å². The molecule has 140 valence electrons. The number of hydrogen-bond donors (Lipinski definition) is 2. The maximum Gasteiger partial charge on any atom is 0.344 e. The maximum absolute atomic E-state index is 12.8. The van der Waals surface area contributed by atoms with E-state index in [0.717, 1.165) is 0 Å². The number of nitrogens with one attached hydrogen (secondary N) is 2. The molecule has 2 aromatic rings. The van der Waals surface area contributed by atoms with Crippen molar-refractivity contribution in [3.05, 3.63) is 65.2 Å². The van der Waals surface area contributed by atoms with Gasteiger partial charge in [-0.2, -0.15) is 5.01 Å². The van der Waals surface area contributed by atoms with Gasteiger partial charge >= 0.3 is 6.03 Å². The number of ether oxygens (including phenoxy) is 1. The second-order valence-electron chi connectivity index (χ2n) is 6.26. The molecular formula is C19H18ClN3O4. The minimum absolute atomic E-state index is 0.400. The maximum atomic E-state index is 12.8. The number of carbonyl (C=O) groups is 3. The fourth-order valence-corrected chi connectivity index (χ4v) is 2.89. The van der Waals surface area contributed by atoms with Crippen LogP contribution in [0.1, 0.15) is 19.4 Å². The zero-order chi connectivity index (χ0) is 19.6. The van der Waals surface area contributed by atoms with Gasteiger partial charge in [0.1, 0.15) is 11.3 Å². The largest absolute Gasteiger partial charge is 0.481 e. The number of imide groups is 1. The number of halogens is 1. The third kappa shape index (κ3) is 3.73. The molecule has 1 aliphatic rings. The van der Waals surface area contributed by atoms with Gasteiger partial charge in [-0.3, -0.25) is 15.0 Å². The van der Waals surface area contributed by atoms with Crippen LogP contribution < -0.4 is 15.5 Å². The van der Waals surface area contributed by atoms with E-state index in [9.17, 15) is 14.4 Å². The molecular weight excluding hydrogens is 370 g/mol. The highest BCUT2D eigenvalue weighted by Crippen LogP contribution is 2.27. The van der Waals surface area contributed by atoms with Crippen LogP contribution in [0.4, 0.5) is 4.79 Å². The van der Waals surface area contributed by atoms with Crippen molar-refractivity contribution in [1.82, 2.24) is 15.8 Å². The van der Waals surface area contributed by atoms with E-state index in [2.05, 4.69) is 10.7 Å². The van der Waals surface area contributed by atoms with Crippen LogP contribution in [-0.4, -0.2) is 29.0 Å². The zero-order valence-corrected chi connectivity index (χ0v) is 15.5. The van der Waals surface area contributed by atoms with Crippen molar-refractivity contribution in [2.75, 3.05) is 0 Å². The summed E-state index contributed by atoms with van der Waals surface area (Å²) in [5.41, 5.74) is 1.67. The van der Waals surface area contributed by atoms with Gasteiger partial charge in [0.2, 0.25) is 0 Å². The van der Waals surface area contributed by atoms with Crippen LogP contribution in [0.3, 0.4) is 0 Å². The van der Waals surface area contributed by atoms with Crippen molar-refractivity contribution in [3.8, 4) is 5.75 Å². The molecule has 0 saturated carbocycles. The van der Waals surface area contributed by atoms with E-state index in [1.54, 1.807) is 55.5 Å². The van der Waals surface area contributed by atoms with Gasteiger partial charge in [0, 0.05) is 5.02 Å². The van der Waals surface area contributed by atoms with Crippen molar-refractivity contribution in [2.24, 2.45) is 0 Å². The second-order valence-corrected chi connectivity index (χ2v) is 6.69. The Bertz CT molecular complexity index is 890. The van der Waals surface area contributed by atoms with Crippen LogP contribution in [0.15, 0.2) is 54.6 Å². The van der Waals surface area contributed by atoms with Gasteiger partial charge < -0.3 is 10.1 Å². The summed E-state index contributed by atoms with van der Waals surface area (Å²) >= 11 is 5.89. The number of nitrogens with zero attached hydrogens (tertiary/aromatic N) is 1. The first kappa shape index (κ1) is 18.7. The second kappa shape index (κ2) is 7.28. The molecule has 7 nitrogen and oxygen atoms in total. The number of amides is 4. The van der Waals surface area contributed by atoms with E-state index in [4.69, 9.17) is 16.3 Å². The summed E-state index contributed by atoms with van der Waals surface area (Å²) in [6, 6.07) is 14.7. The fraction of sp³-hybridized carbons (Fsp3) is 0.211. The van der Waals surface area contributed by atoms with E-state index < -0.39 is 29.5 Å². The lowest BCUT2D eigenvalue weighted by Gasteiger charge is -2.22. The van der Waals surface area contributed by atoms with Crippen LogP contribution in [0.25, 0.3) is 0 Å². The van der Waals surface area contributed by atoms with Crippen molar-refractivity contribution in [1.29, 1.82) is 0 Å². The SMILES string of the molecule is CC(Oc1cccc(Cl)c1)C(=O)NN1C(=O)NC(C)(c2ccccc2)C1=O. The highest BCUT2D eigenvalue weighted by molar-refractivity contribution is 6.30. The third-order valence-electron chi connectivity index (χ3n) is 4.24. The lowest BCUT2D eigenvalue weighted by Crippen LogP contribution is -2.51. The van der Waals surface area contributed by atoms with Crippen molar-refractivity contribution < 1.29 is 19.1 Å². The van der Waals surface area contributed by atoms with E-state index >= 15 is 0 Å². The monoisotopic (exact) mass is 387 g/mol. The predicted molar refractivity (Wildman–Crippen MR) is 98.9 cm³/mol. The highest BCUT2D eigenvalue weighted by atomic mass is 35.5. The molecule has 8 heteroatoms. The summed E-state index contributed by atoms with van der Waals surface area (Å²) in [7, 11) is 0. The van der Waals surface area contributed by atoms with Gasteiger partial charge in [0.25, 0.3) is 11.8 Å². The van der Waals surface area contributed by atoms with E-state index in [-0.39, 0.29) is 0 Å². The standard InChI is InChI=1S/C19H18ClN3O4/c1-12(27-15-10-6-9-14(20)11-15)16(24)22-23-17(25)19(2,21-18(23)26)13-7-4-3-5-8-13/h3-12H,1-2H3,(H,21,26)(H,22,24). The molecule has 1 heterocycles. The Morgan fingerprint density at radius 3 is 2.56 bits per heavy atom. The van der Waals surface area contributed by atoms with Gasteiger partial charge in [-0.25, -0.2) is 4.79 Å². The Kier molecular flexibility index (Phi) is 5.05. The van der Waals surface area contributed by atoms with E-state index in [0.29, 0.717) is 21.3 Å². The summed E-state index contributed by atoms with van der Waals surface area (Å²) < 4.78 is 5.51. The van der Waals surface area contributed by atoms with Crippen LogP contribution in [0, 0.1) is 0 Å². The molecule has 27 heavy (non-hydrogen) atoms. The molecule has 1 fully saturated rings. The van der Waals surface area contributed by atoms with Gasteiger partial charge in [-0.05, 0) is 37.6 Å². The number of benzene rings is 2. The lowest BCUT2D eigenvalue weighted by atomic mass is 9.92. The molecule has 0 spiro atoms. The number of urea groups is 1. The lowest BCUT2D eigenvalue weighted by molar-refractivity contribution is -0.141. The molecule has 0 aliphatic carbocycles. The normalized spacial score (nSPS) is 20.2. The van der Waals surface area contributed by atoms with Gasteiger partial charge in [0.15, 0.2) is 6.10 Å². The van der Waals surface area contributed by atoms with Crippen LogP contribution in [0.5, 0.6) is 5.75 Å². The molecule has 2 aromatic carbocycles. The average molecular weight is 388 g/mol. The van der Waals surface area contributed by atoms with Crippen molar-refractivity contribution in [2.45, 2.75) is 25.5 Å². The molecule has 0 bridgehead atoms. The highest BCUT2D eigenvalue weighted by Gasteiger charge is 2.50. The van der Waals surface area contributed by atoms with Gasteiger partial charge in [-0.1, -0.05) is 48.0 Å². The third-order valence-corrected chi connectivity index (χ3v) is 4.48. The zero-order valence-electron chi connectivity index (χ0n) is 14.7. The molecule has 2 unspecified atom stereocenters. The Labute approximate surface area is 161 Å². The Morgan fingerprint density at radius 1 is 1.19 bits per heavy atom. The number of hydrogen-bond acceptors (Lipinski definition) is 4. The Morgan fingerprint density at radius 2 is 1.89 bits per heavy atom. The summed E-state index contributed by atoms with van der Waals surface area (Å²) in [5, 5.41) is 3.75. The van der Waals surface area contributed by atoms with Gasteiger partial charge in [-0.15, -0.1) is 0 Å². The van der Waals surface area contributed by atoms with Crippen molar-refractivity contribution in [3.63, 3.8) is 0 Å². The van der Waals surface area contributed by atoms with Crippen LogP contribution in [-0.2, 0) is 15.1 Å². The molecule has 1 saturated heterocycles. The molecule has 2 N–H and O–H groups in total. The number of rotatable bonds is 5. The number of carbonyl (C=O) groups excluding carboxylic acids is 3. The predicted octanol–water partition coefficient (Wildman–Crippen LogP) is 2.61. The summed E-state index contributed by atoms with van der Waals surface area (Å²) in [5.74, 6) is -0.825. The summed E-state index contributed by atoms with van der Waals surface area (Å²) in [4.78, 5) is 37.4. The van der Waals surface area contributed by atoms with Crippen molar-refractivity contribution >= 4 is 29.4 Å². The average Bonchev–Trinajstić information content (AvgIpc) is 2.86. The first-order chi connectivity index (χ1) is 12.8. The Balaban J connectivity index is 1.70.